The Bertz CT molecular complexity index is 349. The molecule has 0 heterocycles. The van der Waals surface area contributed by atoms with E-state index in [1.165, 1.54) is 30.4 Å². The average molecular weight is 233 g/mol. The largest absolute Gasteiger partial charge is 0.393 e. The molecular formula is C15H23NO. The van der Waals surface area contributed by atoms with E-state index in [1.807, 2.05) is 6.92 Å². The number of fused-ring (bicyclic) bond motifs is 1. The first-order chi connectivity index (χ1) is 8.27. The third-order valence-electron chi connectivity index (χ3n) is 3.56. The Hall–Kier alpha value is -0.860. The number of hydrogen-bond acceptors (Lipinski definition) is 2. The van der Waals surface area contributed by atoms with Gasteiger partial charge in [-0.3, -0.25) is 0 Å². The molecule has 0 radical (unpaired) electrons. The van der Waals surface area contributed by atoms with Crippen LogP contribution in [0.25, 0.3) is 0 Å². The Morgan fingerprint density at radius 2 is 2.24 bits per heavy atom. The van der Waals surface area contributed by atoms with Crippen LogP contribution in [-0.4, -0.2) is 17.8 Å². The smallest absolute Gasteiger partial charge is 0.0512 e. The van der Waals surface area contributed by atoms with Crippen LogP contribution in [-0.2, 0) is 6.42 Å². The zero-order valence-corrected chi connectivity index (χ0v) is 10.7. The van der Waals surface area contributed by atoms with Crippen molar-refractivity contribution in [2.75, 3.05) is 6.54 Å². The molecule has 1 aromatic rings. The number of aliphatic hydroxyl groups is 1. The van der Waals surface area contributed by atoms with Crippen molar-refractivity contribution in [2.24, 2.45) is 0 Å². The summed E-state index contributed by atoms with van der Waals surface area (Å²) in [5, 5.41) is 12.8. The van der Waals surface area contributed by atoms with Crippen molar-refractivity contribution >= 4 is 0 Å². The minimum Gasteiger partial charge on any atom is -0.393 e. The predicted molar refractivity (Wildman–Crippen MR) is 71.0 cm³/mol. The molecule has 2 rings (SSSR count). The molecule has 0 aromatic heterocycles. The van der Waals surface area contributed by atoms with E-state index < -0.39 is 0 Å². The molecule has 1 aliphatic rings. The summed E-state index contributed by atoms with van der Waals surface area (Å²) in [6.45, 7) is 2.86. The van der Waals surface area contributed by atoms with Gasteiger partial charge in [0.1, 0.15) is 0 Å². The first-order valence-electron chi connectivity index (χ1n) is 6.76. The molecule has 0 fully saturated rings. The molecule has 0 spiro atoms. The lowest BCUT2D eigenvalue weighted by molar-refractivity contribution is 0.180. The Labute approximate surface area is 104 Å². The molecule has 0 saturated heterocycles. The lowest BCUT2D eigenvalue weighted by atomic mass is 9.88. The highest BCUT2D eigenvalue weighted by atomic mass is 16.3. The van der Waals surface area contributed by atoms with E-state index in [1.54, 1.807) is 0 Å². The molecule has 2 nitrogen and oxygen atoms in total. The number of hydrogen-bond donors (Lipinski definition) is 2. The van der Waals surface area contributed by atoms with Crippen LogP contribution in [0.2, 0.25) is 0 Å². The highest BCUT2D eigenvalue weighted by Gasteiger charge is 2.18. The van der Waals surface area contributed by atoms with Crippen molar-refractivity contribution in [3.8, 4) is 0 Å². The monoisotopic (exact) mass is 233 g/mol. The first kappa shape index (κ1) is 12.6. The second-order valence-electron chi connectivity index (χ2n) is 5.09. The molecule has 0 saturated carbocycles. The van der Waals surface area contributed by atoms with Crippen molar-refractivity contribution in [1.82, 2.24) is 5.32 Å². The number of benzene rings is 1. The SMILES string of the molecule is CC(O)CCCNC1CCCc2ccccc21. The Morgan fingerprint density at radius 1 is 1.41 bits per heavy atom. The van der Waals surface area contributed by atoms with Gasteiger partial charge < -0.3 is 10.4 Å². The van der Waals surface area contributed by atoms with Crippen LogP contribution in [0.1, 0.15) is 49.8 Å². The third kappa shape index (κ3) is 3.55. The summed E-state index contributed by atoms with van der Waals surface area (Å²) in [5.41, 5.74) is 2.99. The molecule has 2 unspecified atom stereocenters. The fourth-order valence-corrected chi connectivity index (χ4v) is 2.64. The minimum absolute atomic E-state index is 0.171. The van der Waals surface area contributed by atoms with Crippen molar-refractivity contribution in [1.29, 1.82) is 0 Å². The van der Waals surface area contributed by atoms with E-state index in [9.17, 15) is 5.11 Å². The van der Waals surface area contributed by atoms with Gasteiger partial charge in [0.2, 0.25) is 0 Å². The van der Waals surface area contributed by atoms with E-state index in [4.69, 9.17) is 0 Å². The van der Waals surface area contributed by atoms with Gasteiger partial charge >= 0.3 is 0 Å². The topological polar surface area (TPSA) is 32.3 Å². The molecule has 0 aliphatic heterocycles. The first-order valence-corrected chi connectivity index (χ1v) is 6.76. The van der Waals surface area contributed by atoms with E-state index in [0.717, 1.165) is 19.4 Å². The lowest BCUT2D eigenvalue weighted by Gasteiger charge is -2.26. The normalized spacial score (nSPS) is 20.9. The molecule has 1 aliphatic carbocycles. The quantitative estimate of drug-likeness (QED) is 0.766. The fourth-order valence-electron chi connectivity index (χ4n) is 2.64. The van der Waals surface area contributed by atoms with Gasteiger partial charge in [0.25, 0.3) is 0 Å². The van der Waals surface area contributed by atoms with Gasteiger partial charge in [-0.2, -0.15) is 0 Å². The van der Waals surface area contributed by atoms with Crippen LogP contribution in [0.3, 0.4) is 0 Å². The zero-order valence-electron chi connectivity index (χ0n) is 10.7. The summed E-state index contributed by atoms with van der Waals surface area (Å²) >= 11 is 0. The number of aryl methyl sites for hydroxylation is 1. The molecular weight excluding hydrogens is 210 g/mol. The van der Waals surface area contributed by atoms with Crippen molar-refractivity contribution in [2.45, 2.75) is 51.2 Å². The molecule has 1 aromatic carbocycles. The Kier molecular flexibility index (Phi) is 4.57. The van der Waals surface area contributed by atoms with Crippen LogP contribution in [0, 0.1) is 0 Å². The van der Waals surface area contributed by atoms with Crippen molar-refractivity contribution in [3.05, 3.63) is 35.4 Å². The van der Waals surface area contributed by atoms with Gasteiger partial charge in [-0.1, -0.05) is 24.3 Å². The number of nitrogens with one attached hydrogen (secondary N) is 1. The van der Waals surface area contributed by atoms with Gasteiger partial charge in [-0.05, 0) is 56.7 Å². The van der Waals surface area contributed by atoms with Crippen LogP contribution in [0.4, 0.5) is 0 Å². The standard InChI is InChI=1S/C15H23NO/c1-12(17)6-5-11-16-15-10-4-8-13-7-2-3-9-14(13)15/h2-3,7,9,12,15-17H,4-6,8,10-11H2,1H3. The summed E-state index contributed by atoms with van der Waals surface area (Å²) in [6, 6.07) is 9.29. The summed E-state index contributed by atoms with van der Waals surface area (Å²) in [4.78, 5) is 0. The molecule has 94 valence electrons. The van der Waals surface area contributed by atoms with E-state index in [0.29, 0.717) is 6.04 Å². The van der Waals surface area contributed by atoms with Crippen LogP contribution < -0.4 is 5.32 Å². The minimum atomic E-state index is -0.171. The van der Waals surface area contributed by atoms with Crippen molar-refractivity contribution in [3.63, 3.8) is 0 Å². The van der Waals surface area contributed by atoms with Crippen LogP contribution in [0.5, 0.6) is 0 Å². The Balaban J connectivity index is 1.86. The average Bonchev–Trinajstić information content (AvgIpc) is 2.34. The highest BCUT2D eigenvalue weighted by Crippen LogP contribution is 2.29. The fraction of sp³-hybridized carbons (Fsp3) is 0.600. The number of aliphatic hydroxyl groups excluding tert-OH is 1. The van der Waals surface area contributed by atoms with Crippen LogP contribution >= 0.6 is 0 Å². The summed E-state index contributed by atoms with van der Waals surface area (Å²) in [7, 11) is 0. The maximum absolute atomic E-state index is 9.22. The lowest BCUT2D eigenvalue weighted by Crippen LogP contribution is -2.26. The van der Waals surface area contributed by atoms with Gasteiger partial charge in [-0.25, -0.2) is 0 Å². The molecule has 17 heavy (non-hydrogen) atoms. The van der Waals surface area contributed by atoms with Gasteiger partial charge in [0, 0.05) is 6.04 Å². The van der Waals surface area contributed by atoms with Gasteiger partial charge in [0.15, 0.2) is 0 Å². The Morgan fingerprint density at radius 3 is 3.06 bits per heavy atom. The van der Waals surface area contributed by atoms with E-state index in [-0.39, 0.29) is 6.10 Å². The maximum Gasteiger partial charge on any atom is 0.0512 e. The maximum atomic E-state index is 9.22. The molecule has 0 bridgehead atoms. The molecule has 2 N–H and O–H groups in total. The summed E-state index contributed by atoms with van der Waals surface area (Å²) in [6.07, 6.45) is 5.52. The van der Waals surface area contributed by atoms with Gasteiger partial charge in [0.05, 0.1) is 6.10 Å². The summed E-state index contributed by atoms with van der Waals surface area (Å²) in [5.74, 6) is 0. The van der Waals surface area contributed by atoms with Gasteiger partial charge in [-0.15, -0.1) is 0 Å². The highest BCUT2D eigenvalue weighted by molar-refractivity contribution is 5.32. The second-order valence-corrected chi connectivity index (χ2v) is 5.09. The van der Waals surface area contributed by atoms with Crippen molar-refractivity contribution < 1.29 is 5.11 Å². The summed E-state index contributed by atoms with van der Waals surface area (Å²) < 4.78 is 0. The van der Waals surface area contributed by atoms with E-state index >= 15 is 0 Å². The zero-order chi connectivity index (χ0) is 12.1. The molecule has 2 heteroatoms. The molecule has 0 amide bonds. The second kappa shape index (κ2) is 6.18. The third-order valence-corrected chi connectivity index (χ3v) is 3.56. The van der Waals surface area contributed by atoms with Crippen LogP contribution in [0.15, 0.2) is 24.3 Å². The van der Waals surface area contributed by atoms with E-state index in [2.05, 4.69) is 29.6 Å². The predicted octanol–water partition coefficient (Wildman–Crippen LogP) is 2.81. The number of rotatable bonds is 5. The molecule has 2 atom stereocenters.